The fraction of sp³-hybridized carbons (Fsp3) is 0.278. The van der Waals surface area contributed by atoms with E-state index in [-0.39, 0.29) is 21.8 Å². The second-order valence-corrected chi connectivity index (χ2v) is 9.14. The van der Waals surface area contributed by atoms with Gasteiger partial charge in [-0.05, 0) is 30.3 Å². The quantitative estimate of drug-likeness (QED) is 0.605. The molecule has 1 aliphatic rings. The molecular formula is C18H18N4O6S2. The summed E-state index contributed by atoms with van der Waals surface area (Å²) in [7, 11) is -2.26. The number of nitrogens with zero attached hydrogens (tertiary/aromatic N) is 3. The number of carbonyl (C=O) groups excluding carboxylic acids is 1. The Labute approximate surface area is 176 Å². The molecule has 12 heteroatoms. The largest absolute Gasteiger partial charge is 0.497 e. The van der Waals surface area contributed by atoms with Crippen molar-refractivity contribution in [2.24, 2.45) is 0 Å². The average molecular weight is 450 g/mol. The number of nitrogens with one attached hydrogen (secondary N) is 1. The van der Waals surface area contributed by atoms with Gasteiger partial charge in [0.1, 0.15) is 9.96 Å². The van der Waals surface area contributed by atoms with Gasteiger partial charge in [0.15, 0.2) is 0 Å². The van der Waals surface area contributed by atoms with Crippen molar-refractivity contribution in [3.8, 4) is 17.1 Å². The smallest absolute Gasteiger partial charge is 0.316 e. The summed E-state index contributed by atoms with van der Waals surface area (Å²) in [4.78, 5) is 18.1. The zero-order chi connectivity index (χ0) is 21.1. The molecule has 0 unspecified atom stereocenters. The second kappa shape index (κ2) is 8.42. The predicted molar refractivity (Wildman–Crippen MR) is 108 cm³/mol. The van der Waals surface area contributed by atoms with Gasteiger partial charge in [0.25, 0.3) is 10.0 Å². The maximum Gasteiger partial charge on any atom is 0.316 e. The number of hydrogen-bond donors (Lipinski definition) is 1. The molecule has 1 N–H and O–H groups in total. The molecule has 1 saturated heterocycles. The Morgan fingerprint density at radius 2 is 1.97 bits per heavy atom. The van der Waals surface area contributed by atoms with Crippen molar-refractivity contribution in [2.75, 3.05) is 38.1 Å². The lowest BCUT2D eigenvalue weighted by Crippen LogP contribution is -2.40. The Morgan fingerprint density at radius 1 is 1.23 bits per heavy atom. The highest BCUT2D eigenvalue weighted by Gasteiger charge is 2.25. The fourth-order valence-corrected chi connectivity index (χ4v) is 4.99. The molecule has 0 atom stereocenters. The Kier molecular flexibility index (Phi) is 5.70. The van der Waals surface area contributed by atoms with Crippen LogP contribution in [0.1, 0.15) is 10.7 Å². The molecule has 0 radical (unpaired) electrons. The number of anilines is 1. The van der Waals surface area contributed by atoms with Crippen molar-refractivity contribution in [1.29, 1.82) is 0 Å². The third kappa shape index (κ3) is 4.30. The number of ether oxygens (including phenoxy) is 2. The van der Waals surface area contributed by atoms with Crippen LogP contribution in [0.25, 0.3) is 11.4 Å². The van der Waals surface area contributed by atoms with Crippen LogP contribution in [0.3, 0.4) is 0 Å². The van der Waals surface area contributed by atoms with Gasteiger partial charge in [-0.1, -0.05) is 5.16 Å². The maximum atomic E-state index is 12.7. The highest BCUT2D eigenvalue weighted by atomic mass is 32.2. The van der Waals surface area contributed by atoms with Crippen LogP contribution in [0.4, 0.5) is 5.69 Å². The van der Waals surface area contributed by atoms with E-state index in [0.717, 1.165) is 11.3 Å². The standard InChI is InChI=1S/C18H18N4O6S2/c1-26-14-4-2-13(3-5-14)21-30(24,25)15-10-12(11-29-15)16-19-17(28-20-16)18(23)22-6-8-27-9-7-22/h2-5,10-11,21H,6-9H2,1H3. The van der Waals surface area contributed by atoms with Crippen molar-refractivity contribution in [3.63, 3.8) is 0 Å². The number of morpholine rings is 1. The SMILES string of the molecule is COc1ccc(NS(=O)(=O)c2cc(-c3noc(C(=O)N4CCOCC4)n3)cs2)cc1. The number of benzene rings is 1. The van der Waals surface area contributed by atoms with Gasteiger partial charge < -0.3 is 18.9 Å². The van der Waals surface area contributed by atoms with E-state index in [1.165, 1.54) is 13.2 Å². The monoisotopic (exact) mass is 450 g/mol. The van der Waals surface area contributed by atoms with Gasteiger partial charge in [0.2, 0.25) is 5.82 Å². The van der Waals surface area contributed by atoms with E-state index in [2.05, 4.69) is 14.9 Å². The van der Waals surface area contributed by atoms with Crippen molar-refractivity contribution < 1.29 is 27.2 Å². The maximum absolute atomic E-state index is 12.7. The molecule has 158 valence electrons. The molecule has 2 aromatic heterocycles. The van der Waals surface area contributed by atoms with Crippen LogP contribution in [-0.2, 0) is 14.8 Å². The van der Waals surface area contributed by atoms with E-state index in [4.69, 9.17) is 14.0 Å². The number of rotatable bonds is 6. The van der Waals surface area contributed by atoms with Crippen LogP contribution in [0.15, 0.2) is 44.4 Å². The van der Waals surface area contributed by atoms with E-state index in [0.29, 0.717) is 43.3 Å². The zero-order valence-electron chi connectivity index (χ0n) is 15.9. The molecule has 1 amide bonds. The molecule has 1 aromatic carbocycles. The van der Waals surface area contributed by atoms with Crippen molar-refractivity contribution >= 4 is 33.0 Å². The van der Waals surface area contributed by atoms with Crippen LogP contribution in [-0.4, -0.2) is 62.8 Å². The lowest BCUT2D eigenvalue weighted by molar-refractivity contribution is 0.0272. The number of methoxy groups -OCH3 is 1. The molecule has 1 fully saturated rings. The van der Waals surface area contributed by atoms with Gasteiger partial charge in [-0.2, -0.15) is 4.98 Å². The van der Waals surface area contributed by atoms with Crippen LogP contribution in [0.5, 0.6) is 5.75 Å². The van der Waals surface area contributed by atoms with Gasteiger partial charge in [-0.15, -0.1) is 11.3 Å². The molecule has 0 saturated carbocycles. The molecule has 3 heterocycles. The number of amides is 1. The van der Waals surface area contributed by atoms with Crippen molar-refractivity contribution in [2.45, 2.75) is 4.21 Å². The van der Waals surface area contributed by atoms with E-state index in [1.54, 1.807) is 34.5 Å². The molecule has 0 aliphatic carbocycles. The summed E-state index contributed by atoms with van der Waals surface area (Å²) in [6, 6.07) is 7.96. The number of sulfonamides is 1. The number of carbonyl (C=O) groups is 1. The molecule has 10 nitrogen and oxygen atoms in total. The minimum absolute atomic E-state index is 0.0826. The Morgan fingerprint density at radius 3 is 2.67 bits per heavy atom. The Hall–Kier alpha value is -2.96. The first-order valence-electron chi connectivity index (χ1n) is 8.93. The first kappa shape index (κ1) is 20.3. The normalized spacial score (nSPS) is 14.5. The minimum atomic E-state index is -3.79. The van der Waals surface area contributed by atoms with Gasteiger partial charge in [0, 0.05) is 29.7 Å². The number of thiophene rings is 1. The average Bonchev–Trinajstić information content (AvgIpc) is 3.44. The summed E-state index contributed by atoms with van der Waals surface area (Å²) in [5, 5.41) is 5.41. The molecule has 1 aliphatic heterocycles. The molecule has 0 spiro atoms. The first-order chi connectivity index (χ1) is 14.5. The summed E-state index contributed by atoms with van der Waals surface area (Å²) < 4.78 is 43.3. The first-order valence-corrected chi connectivity index (χ1v) is 11.3. The highest BCUT2D eigenvalue weighted by molar-refractivity contribution is 7.94. The van der Waals surface area contributed by atoms with E-state index >= 15 is 0 Å². The van der Waals surface area contributed by atoms with Crippen molar-refractivity contribution in [1.82, 2.24) is 15.0 Å². The molecule has 3 aromatic rings. The Bertz CT molecular complexity index is 1130. The van der Waals surface area contributed by atoms with E-state index in [1.807, 2.05) is 0 Å². The molecule has 0 bridgehead atoms. The summed E-state index contributed by atoms with van der Waals surface area (Å²) in [5.74, 6) is 0.254. The Balaban J connectivity index is 1.49. The van der Waals surface area contributed by atoms with Gasteiger partial charge in [-0.3, -0.25) is 9.52 Å². The van der Waals surface area contributed by atoms with E-state index < -0.39 is 10.0 Å². The number of aromatic nitrogens is 2. The molecule has 4 rings (SSSR count). The van der Waals surface area contributed by atoms with Crippen LogP contribution in [0, 0.1) is 0 Å². The van der Waals surface area contributed by atoms with Crippen LogP contribution < -0.4 is 9.46 Å². The fourth-order valence-electron chi connectivity index (χ4n) is 2.77. The number of hydrogen-bond acceptors (Lipinski definition) is 9. The minimum Gasteiger partial charge on any atom is -0.497 e. The lowest BCUT2D eigenvalue weighted by Gasteiger charge is -2.25. The van der Waals surface area contributed by atoms with Gasteiger partial charge in [0.05, 0.1) is 20.3 Å². The zero-order valence-corrected chi connectivity index (χ0v) is 17.5. The summed E-state index contributed by atoms with van der Waals surface area (Å²) in [5.41, 5.74) is 0.851. The summed E-state index contributed by atoms with van der Waals surface area (Å²) in [6.07, 6.45) is 0. The topological polar surface area (TPSA) is 124 Å². The van der Waals surface area contributed by atoms with Crippen molar-refractivity contribution in [3.05, 3.63) is 41.6 Å². The van der Waals surface area contributed by atoms with Gasteiger partial charge in [-0.25, -0.2) is 8.42 Å². The summed E-state index contributed by atoms with van der Waals surface area (Å²) in [6.45, 7) is 1.82. The van der Waals surface area contributed by atoms with Crippen LogP contribution in [0.2, 0.25) is 0 Å². The van der Waals surface area contributed by atoms with E-state index in [9.17, 15) is 13.2 Å². The van der Waals surface area contributed by atoms with Crippen LogP contribution >= 0.6 is 11.3 Å². The third-order valence-corrected chi connectivity index (χ3v) is 7.17. The van der Waals surface area contributed by atoms with Gasteiger partial charge >= 0.3 is 11.8 Å². The third-order valence-electron chi connectivity index (χ3n) is 4.35. The second-order valence-electron chi connectivity index (χ2n) is 6.32. The molecular weight excluding hydrogens is 432 g/mol. The predicted octanol–water partition coefficient (Wildman–Crippen LogP) is 2.08. The lowest BCUT2D eigenvalue weighted by atomic mass is 10.3. The highest BCUT2D eigenvalue weighted by Crippen LogP contribution is 2.28. The molecule has 30 heavy (non-hydrogen) atoms. The summed E-state index contributed by atoms with van der Waals surface area (Å²) >= 11 is 1.02.